The van der Waals surface area contributed by atoms with E-state index in [0.717, 1.165) is 6.42 Å². The molecule has 1 aliphatic heterocycles. The number of nitrogens with zero attached hydrogens (tertiary/aromatic N) is 2. The standard InChI is InChI=1S/C15H22FN3O/c1-3-12(2)17-15(20)19-10-8-18(9-11-19)14-7-5-4-6-13(14)16/h4-7,12H,3,8-11H2,1-2H3,(H,17,20)/t12-/m0/s1. The quantitative estimate of drug-likeness (QED) is 0.922. The summed E-state index contributed by atoms with van der Waals surface area (Å²) in [7, 11) is 0. The van der Waals surface area contributed by atoms with Crippen LogP contribution in [0.15, 0.2) is 24.3 Å². The van der Waals surface area contributed by atoms with E-state index in [-0.39, 0.29) is 17.9 Å². The number of carbonyl (C=O) groups excluding carboxylic acids is 1. The van der Waals surface area contributed by atoms with E-state index in [9.17, 15) is 9.18 Å². The largest absolute Gasteiger partial charge is 0.366 e. The van der Waals surface area contributed by atoms with Crippen LogP contribution < -0.4 is 10.2 Å². The molecular weight excluding hydrogens is 257 g/mol. The fourth-order valence-corrected chi connectivity index (χ4v) is 2.26. The Hall–Kier alpha value is -1.78. The molecule has 0 spiro atoms. The van der Waals surface area contributed by atoms with Crippen LogP contribution in [0.1, 0.15) is 20.3 Å². The number of rotatable bonds is 3. The second kappa shape index (κ2) is 6.59. The van der Waals surface area contributed by atoms with Gasteiger partial charge in [-0.15, -0.1) is 0 Å². The summed E-state index contributed by atoms with van der Waals surface area (Å²) in [6, 6.07) is 6.94. The van der Waals surface area contributed by atoms with E-state index in [2.05, 4.69) is 5.32 Å². The van der Waals surface area contributed by atoms with E-state index in [1.165, 1.54) is 6.07 Å². The summed E-state index contributed by atoms with van der Waals surface area (Å²) < 4.78 is 13.7. The second-order valence-electron chi connectivity index (χ2n) is 5.18. The van der Waals surface area contributed by atoms with Crippen LogP contribution in [0.5, 0.6) is 0 Å². The first kappa shape index (κ1) is 14.6. The van der Waals surface area contributed by atoms with Crippen molar-refractivity contribution in [3.63, 3.8) is 0 Å². The molecule has 0 bridgehead atoms. The first-order valence-corrected chi connectivity index (χ1v) is 7.16. The summed E-state index contributed by atoms with van der Waals surface area (Å²) in [6.45, 7) is 6.60. The number of hydrogen-bond acceptors (Lipinski definition) is 2. The number of amides is 2. The van der Waals surface area contributed by atoms with Crippen molar-refractivity contribution < 1.29 is 9.18 Å². The maximum absolute atomic E-state index is 13.7. The monoisotopic (exact) mass is 279 g/mol. The third-order valence-electron chi connectivity index (χ3n) is 3.74. The molecule has 0 saturated carbocycles. The molecule has 110 valence electrons. The summed E-state index contributed by atoms with van der Waals surface area (Å²) in [4.78, 5) is 15.8. The van der Waals surface area contributed by atoms with Crippen LogP contribution >= 0.6 is 0 Å². The van der Waals surface area contributed by atoms with Crippen molar-refractivity contribution in [2.24, 2.45) is 0 Å². The lowest BCUT2D eigenvalue weighted by molar-refractivity contribution is 0.190. The number of para-hydroxylation sites is 1. The maximum atomic E-state index is 13.7. The summed E-state index contributed by atoms with van der Waals surface area (Å²) in [5.41, 5.74) is 0.620. The molecule has 0 aromatic heterocycles. The number of anilines is 1. The molecule has 2 rings (SSSR count). The van der Waals surface area contributed by atoms with Gasteiger partial charge < -0.3 is 15.1 Å². The lowest BCUT2D eigenvalue weighted by atomic mass is 10.2. The van der Waals surface area contributed by atoms with Crippen LogP contribution in [-0.4, -0.2) is 43.2 Å². The first-order chi connectivity index (χ1) is 9.61. The molecule has 1 aromatic rings. The second-order valence-corrected chi connectivity index (χ2v) is 5.18. The number of halogens is 1. The van der Waals surface area contributed by atoms with Gasteiger partial charge in [-0.2, -0.15) is 0 Å². The van der Waals surface area contributed by atoms with E-state index in [1.54, 1.807) is 17.0 Å². The molecule has 1 aromatic carbocycles. The molecule has 1 atom stereocenters. The minimum absolute atomic E-state index is 0.0208. The van der Waals surface area contributed by atoms with E-state index >= 15 is 0 Å². The average molecular weight is 279 g/mol. The van der Waals surface area contributed by atoms with Crippen molar-refractivity contribution in [2.75, 3.05) is 31.1 Å². The highest BCUT2D eigenvalue weighted by Gasteiger charge is 2.23. The van der Waals surface area contributed by atoms with Crippen molar-refractivity contribution >= 4 is 11.7 Å². The van der Waals surface area contributed by atoms with Gasteiger partial charge in [0, 0.05) is 32.2 Å². The van der Waals surface area contributed by atoms with Crippen LogP contribution in [0.25, 0.3) is 0 Å². The molecule has 4 nitrogen and oxygen atoms in total. The fourth-order valence-electron chi connectivity index (χ4n) is 2.26. The van der Waals surface area contributed by atoms with Gasteiger partial charge >= 0.3 is 6.03 Å². The van der Waals surface area contributed by atoms with Gasteiger partial charge in [0.2, 0.25) is 0 Å². The van der Waals surface area contributed by atoms with Gasteiger partial charge in [-0.25, -0.2) is 9.18 Å². The first-order valence-electron chi connectivity index (χ1n) is 7.16. The minimum atomic E-state index is -0.204. The molecule has 1 N–H and O–H groups in total. The zero-order valence-electron chi connectivity index (χ0n) is 12.1. The van der Waals surface area contributed by atoms with Gasteiger partial charge in [0.15, 0.2) is 0 Å². The van der Waals surface area contributed by atoms with Gasteiger partial charge in [0.05, 0.1) is 5.69 Å². The predicted molar refractivity (Wildman–Crippen MR) is 78.5 cm³/mol. The van der Waals surface area contributed by atoms with Crippen LogP contribution in [-0.2, 0) is 0 Å². The Bertz CT molecular complexity index is 458. The number of carbonyl (C=O) groups is 1. The molecule has 0 unspecified atom stereocenters. The normalized spacial score (nSPS) is 16.9. The van der Waals surface area contributed by atoms with Crippen LogP contribution in [0, 0.1) is 5.82 Å². The van der Waals surface area contributed by atoms with Crippen molar-refractivity contribution in [1.82, 2.24) is 10.2 Å². The number of piperazine rings is 1. The zero-order valence-corrected chi connectivity index (χ0v) is 12.1. The van der Waals surface area contributed by atoms with Crippen molar-refractivity contribution in [1.29, 1.82) is 0 Å². The highest BCUT2D eigenvalue weighted by atomic mass is 19.1. The summed E-state index contributed by atoms with van der Waals surface area (Å²) in [5, 5.41) is 2.96. The van der Waals surface area contributed by atoms with Crippen molar-refractivity contribution in [2.45, 2.75) is 26.3 Å². The van der Waals surface area contributed by atoms with Crippen LogP contribution in [0.4, 0.5) is 14.9 Å². The smallest absolute Gasteiger partial charge is 0.317 e. The molecule has 1 saturated heterocycles. The number of hydrogen-bond donors (Lipinski definition) is 1. The summed E-state index contributed by atoms with van der Waals surface area (Å²) in [5.74, 6) is -0.204. The minimum Gasteiger partial charge on any atom is -0.366 e. The van der Waals surface area contributed by atoms with Gasteiger partial charge in [0.1, 0.15) is 5.82 Å². The Morgan fingerprint density at radius 2 is 1.95 bits per heavy atom. The predicted octanol–water partition coefficient (Wildman–Crippen LogP) is 2.46. The molecule has 0 radical (unpaired) electrons. The van der Waals surface area contributed by atoms with E-state index < -0.39 is 0 Å². The Morgan fingerprint density at radius 1 is 1.30 bits per heavy atom. The molecule has 2 amide bonds. The Balaban J connectivity index is 1.89. The Labute approximate surface area is 119 Å². The third-order valence-corrected chi connectivity index (χ3v) is 3.74. The summed E-state index contributed by atoms with van der Waals surface area (Å²) >= 11 is 0. The lowest BCUT2D eigenvalue weighted by Gasteiger charge is -2.36. The molecule has 0 aliphatic carbocycles. The van der Waals surface area contributed by atoms with E-state index in [1.807, 2.05) is 24.8 Å². The highest BCUT2D eigenvalue weighted by molar-refractivity contribution is 5.74. The topological polar surface area (TPSA) is 35.6 Å². The molecule has 1 aliphatic rings. The number of urea groups is 1. The maximum Gasteiger partial charge on any atom is 0.317 e. The molecule has 1 heterocycles. The fraction of sp³-hybridized carbons (Fsp3) is 0.533. The third kappa shape index (κ3) is 3.40. The van der Waals surface area contributed by atoms with Gasteiger partial charge in [-0.05, 0) is 25.5 Å². The molecule has 20 heavy (non-hydrogen) atoms. The lowest BCUT2D eigenvalue weighted by Crippen LogP contribution is -2.53. The van der Waals surface area contributed by atoms with Crippen molar-refractivity contribution in [3.8, 4) is 0 Å². The highest BCUT2D eigenvalue weighted by Crippen LogP contribution is 2.20. The molecule has 1 fully saturated rings. The SMILES string of the molecule is CC[C@H](C)NC(=O)N1CCN(c2ccccc2F)CC1. The van der Waals surface area contributed by atoms with Crippen molar-refractivity contribution in [3.05, 3.63) is 30.1 Å². The number of nitrogens with one attached hydrogen (secondary N) is 1. The van der Waals surface area contributed by atoms with Crippen LogP contribution in [0.3, 0.4) is 0 Å². The van der Waals surface area contributed by atoms with E-state index in [0.29, 0.717) is 31.9 Å². The van der Waals surface area contributed by atoms with Gasteiger partial charge in [-0.3, -0.25) is 0 Å². The Kier molecular flexibility index (Phi) is 4.82. The van der Waals surface area contributed by atoms with Gasteiger partial charge in [0.25, 0.3) is 0 Å². The average Bonchev–Trinajstić information content (AvgIpc) is 2.47. The molecular formula is C15H22FN3O. The van der Waals surface area contributed by atoms with Gasteiger partial charge in [-0.1, -0.05) is 19.1 Å². The summed E-state index contributed by atoms with van der Waals surface area (Å²) in [6.07, 6.45) is 0.918. The number of benzene rings is 1. The van der Waals surface area contributed by atoms with E-state index in [4.69, 9.17) is 0 Å². The molecule has 5 heteroatoms. The Morgan fingerprint density at radius 3 is 2.55 bits per heavy atom. The van der Waals surface area contributed by atoms with Crippen LogP contribution in [0.2, 0.25) is 0 Å². The zero-order chi connectivity index (χ0) is 14.5.